The van der Waals surface area contributed by atoms with E-state index < -0.39 is 0 Å². The zero-order valence-corrected chi connectivity index (χ0v) is 15.7. The molecule has 0 radical (unpaired) electrons. The smallest absolute Gasteiger partial charge is 0.229 e. The second kappa shape index (κ2) is 9.09. The molecule has 0 atom stereocenters. The molecule has 0 aliphatic carbocycles. The van der Waals surface area contributed by atoms with Gasteiger partial charge in [-0.15, -0.1) is 0 Å². The summed E-state index contributed by atoms with van der Waals surface area (Å²) in [4.78, 5) is 10.9. The molecule has 24 heavy (non-hydrogen) atoms. The number of halogens is 1. The summed E-state index contributed by atoms with van der Waals surface area (Å²) in [6.45, 7) is 5.16. The maximum absolute atomic E-state index is 5.65. The first-order valence-corrected chi connectivity index (χ1v) is 8.47. The van der Waals surface area contributed by atoms with Crippen molar-refractivity contribution in [2.75, 3.05) is 20.2 Å². The molecule has 0 aliphatic heterocycles. The van der Waals surface area contributed by atoms with E-state index in [1.807, 2.05) is 55.3 Å². The Hall–Kier alpha value is -2.32. The monoisotopic (exact) mass is 385 g/mol. The van der Waals surface area contributed by atoms with E-state index in [1.165, 1.54) is 0 Å². The Morgan fingerprint density at radius 2 is 2.08 bits per heavy atom. The van der Waals surface area contributed by atoms with Gasteiger partial charge in [-0.05, 0) is 48.0 Å². The molecule has 0 amide bonds. The van der Waals surface area contributed by atoms with E-state index in [4.69, 9.17) is 4.74 Å². The van der Waals surface area contributed by atoms with E-state index in [1.54, 1.807) is 6.34 Å². The summed E-state index contributed by atoms with van der Waals surface area (Å²) in [5.74, 6) is 6.57. The van der Waals surface area contributed by atoms with Crippen LogP contribution in [-0.2, 0) is 0 Å². The predicted molar refractivity (Wildman–Crippen MR) is 102 cm³/mol. The van der Waals surface area contributed by atoms with Crippen LogP contribution >= 0.6 is 15.9 Å². The van der Waals surface area contributed by atoms with Crippen molar-refractivity contribution < 1.29 is 4.74 Å². The molecule has 0 saturated heterocycles. The topological polar surface area (TPSA) is 37.7 Å². The van der Waals surface area contributed by atoms with Crippen LogP contribution in [0.2, 0.25) is 0 Å². The molecule has 1 aromatic heterocycles. The summed E-state index contributed by atoms with van der Waals surface area (Å²) in [7, 11) is 1.98. The third kappa shape index (κ3) is 5.39. The van der Waals surface area contributed by atoms with Gasteiger partial charge in [-0.25, -0.2) is 9.98 Å². The van der Waals surface area contributed by atoms with Gasteiger partial charge in [0.05, 0.1) is 22.2 Å². The molecular formula is C19H20BrN3O. The van der Waals surface area contributed by atoms with Crippen LogP contribution in [0.1, 0.15) is 18.2 Å². The maximum Gasteiger partial charge on any atom is 0.229 e. The number of rotatable bonds is 5. The lowest BCUT2D eigenvalue weighted by molar-refractivity contribution is 0.352. The number of ether oxygens (including phenoxy) is 1. The van der Waals surface area contributed by atoms with Crippen LogP contribution in [0.3, 0.4) is 0 Å². The number of pyridine rings is 1. The summed E-state index contributed by atoms with van der Waals surface area (Å²) in [5, 5.41) is 0. The third-order valence-electron chi connectivity index (χ3n) is 3.29. The average molecular weight is 386 g/mol. The summed E-state index contributed by atoms with van der Waals surface area (Å²) < 4.78 is 6.41. The Bertz CT molecular complexity index is 763. The second-order valence-electron chi connectivity index (χ2n) is 5.15. The van der Waals surface area contributed by atoms with Crippen molar-refractivity contribution >= 4 is 28.0 Å². The van der Waals surface area contributed by atoms with E-state index in [0.29, 0.717) is 5.88 Å². The van der Waals surface area contributed by atoms with Crippen molar-refractivity contribution in [3.05, 3.63) is 52.1 Å². The molecule has 0 N–H and O–H groups in total. The van der Waals surface area contributed by atoms with Crippen LogP contribution in [0.15, 0.2) is 45.9 Å². The fourth-order valence-corrected chi connectivity index (χ4v) is 2.21. The molecule has 5 heteroatoms. The van der Waals surface area contributed by atoms with Crippen molar-refractivity contribution in [2.45, 2.75) is 13.8 Å². The highest BCUT2D eigenvalue weighted by atomic mass is 79.9. The normalized spacial score (nSPS) is 10.3. The maximum atomic E-state index is 5.65. The average Bonchev–Trinajstić information content (AvgIpc) is 2.60. The van der Waals surface area contributed by atoms with Crippen LogP contribution in [0, 0.1) is 18.8 Å². The minimum atomic E-state index is 0.279. The predicted octanol–water partition coefficient (Wildman–Crippen LogP) is 4.19. The molecule has 2 rings (SSSR count). The van der Waals surface area contributed by atoms with Gasteiger partial charge in [0.15, 0.2) is 6.61 Å². The van der Waals surface area contributed by atoms with Gasteiger partial charge in [-0.3, -0.25) is 0 Å². The molecule has 2 aromatic rings. The molecule has 1 aromatic carbocycles. The lowest BCUT2D eigenvalue weighted by Gasteiger charge is -2.10. The van der Waals surface area contributed by atoms with Crippen LogP contribution < -0.4 is 4.74 Å². The minimum absolute atomic E-state index is 0.279. The number of aliphatic imine (C=N–C) groups is 1. The van der Waals surface area contributed by atoms with E-state index in [2.05, 4.69) is 44.7 Å². The summed E-state index contributed by atoms with van der Waals surface area (Å²) in [6, 6.07) is 11.7. The van der Waals surface area contributed by atoms with Crippen molar-refractivity contribution in [1.29, 1.82) is 0 Å². The van der Waals surface area contributed by atoms with Crippen molar-refractivity contribution in [3.63, 3.8) is 0 Å². The lowest BCUT2D eigenvalue weighted by atomic mass is 10.2. The quantitative estimate of drug-likeness (QED) is 0.439. The zero-order chi connectivity index (χ0) is 17.4. The van der Waals surface area contributed by atoms with Gasteiger partial charge in [0.1, 0.15) is 0 Å². The first-order chi connectivity index (χ1) is 11.6. The highest BCUT2D eigenvalue weighted by Crippen LogP contribution is 2.29. The number of aryl methyl sites for hydroxylation is 1. The Balaban J connectivity index is 2.03. The highest BCUT2D eigenvalue weighted by Gasteiger charge is 2.07. The molecular weight excluding hydrogens is 366 g/mol. The van der Waals surface area contributed by atoms with Crippen LogP contribution in [0.25, 0.3) is 0 Å². The van der Waals surface area contributed by atoms with Gasteiger partial charge in [-0.2, -0.15) is 0 Å². The fourth-order valence-electron chi connectivity index (χ4n) is 1.79. The molecule has 0 saturated carbocycles. The molecule has 4 nitrogen and oxygen atoms in total. The van der Waals surface area contributed by atoms with Crippen molar-refractivity contribution in [2.24, 2.45) is 4.99 Å². The van der Waals surface area contributed by atoms with E-state index in [0.717, 1.165) is 28.0 Å². The van der Waals surface area contributed by atoms with Crippen molar-refractivity contribution in [3.8, 4) is 17.7 Å². The molecule has 0 fully saturated rings. The highest BCUT2D eigenvalue weighted by molar-refractivity contribution is 9.10. The van der Waals surface area contributed by atoms with E-state index in [-0.39, 0.29) is 6.61 Å². The number of aromatic nitrogens is 1. The SMILES string of the molecule is CCN(C)/C=N/c1cc(Br)c(OCC#Cc2ccccc2)nc1C. The Labute approximate surface area is 151 Å². The molecule has 0 unspecified atom stereocenters. The molecule has 1 heterocycles. The standard InChI is InChI=1S/C19H20BrN3O/c1-4-23(3)14-21-18-13-17(20)19(22-15(18)2)24-12-8-11-16-9-6-5-7-10-16/h5-7,9-10,13-14H,4,12H2,1-3H3/b21-14+. The van der Waals surface area contributed by atoms with Gasteiger partial charge in [0.2, 0.25) is 5.88 Å². The second-order valence-corrected chi connectivity index (χ2v) is 6.01. The van der Waals surface area contributed by atoms with Crippen LogP contribution in [-0.4, -0.2) is 36.4 Å². The largest absolute Gasteiger partial charge is 0.464 e. The van der Waals surface area contributed by atoms with Gasteiger partial charge in [0, 0.05) is 19.2 Å². The molecule has 124 valence electrons. The van der Waals surface area contributed by atoms with Crippen LogP contribution in [0.4, 0.5) is 5.69 Å². The number of benzene rings is 1. The zero-order valence-electron chi connectivity index (χ0n) is 14.1. The first-order valence-electron chi connectivity index (χ1n) is 7.68. The minimum Gasteiger partial charge on any atom is -0.464 e. The van der Waals surface area contributed by atoms with Gasteiger partial charge in [0.25, 0.3) is 0 Å². The number of nitrogens with zero attached hydrogens (tertiary/aromatic N) is 3. The lowest BCUT2D eigenvalue weighted by Crippen LogP contribution is -2.14. The number of hydrogen-bond acceptors (Lipinski definition) is 3. The molecule has 0 spiro atoms. The Morgan fingerprint density at radius 1 is 1.33 bits per heavy atom. The Morgan fingerprint density at radius 3 is 2.79 bits per heavy atom. The Kier molecular flexibility index (Phi) is 6.83. The van der Waals surface area contributed by atoms with Gasteiger partial charge >= 0.3 is 0 Å². The summed E-state index contributed by atoms with van der Waals surface area (Å²) >= 11 is 3.48. The van der Waals surface area contributed by atoms with Crippen LogP contribution in [0.5, 0.6) is 5.88 Å². The molecule has 0 aliphatic rings. The third-order valence-corrected chi connectivity index (χ3v) is 3.86. The van der Waals surface area contributed by atoms with Crippen molar-refractivity contribution in [1.82, 2.24) is 9.88 Å². The summed E-state index contributed by atoms with van der Waals surface area (Å²) in [6.07, 6.45) is 1.79. The molecule has 0 bridgehead atoms. The van der Waals surface area contributed by atoms with E-state index in [9.17, 15) is 0 Å². The van der Waals surface area contributed by atoms with Gasteiger partial charge < -0.3 is 9.64 Å². The fraction of sp³-hybridized carbons (Fsp3) is 0.263. The number of hydrogen-bond donors (Lipinski definition) is 0. The van der Waals surface area contributed by atoms with Gasteiger partial charge in [-0.1, -0.05) is 30.0 Å². The summed E-state index contributed by atoms with van der Waals surface area (Å²) in [5.41, 5.74) is 2.59. The van der Waals surface area contributed by atoms with E-state index >= 15 is 0 Å². The first kappa shape index (κ1) is 18.0.